The van der Waals surface area contributed by atoms with Gasteiger partial charge in [0.1, 0.15) is 5.75 Å². The summed E-state index contributed by atoms with van der Waals surface area (Å²) in [5.41, 5.74) is 10.2. The Bertz CT molecular complexity index is 771. The number of imidazole rings is 1. The average molecular weight is 315 g/mol. The molecule has 0 radical (unpaired) electrons. The number of ether oxygens (including phenoxy) is 1. The first-order valence-corrected chi connectivity index (χ1v) is 8.40. The van der Waals surface area contributed by atoms with Gasteiger partial charge >= 0.3 is 0 Å². The number of fused-ring (bicyclic) bond motifs is 1. The van der Waals surface area contributed by atoms with Gasteiger partial charge in [0.05, 0.1) is 11.8 Å². The van der Waals surface area contributed by atoms with Gasteiger partial charge in [-0.05, 0) is 51.6 Å². The maximum atomic E-state index is 5.69. The Labute approximate surface area is 134 Å². The molecular weight excluding hydrogens is 294 g/mol. The van der Waals surface area contributed by atoms with Crippen LogP contribution < -0.4 is 10.5 Å². The monoisotopic (exact) mass is 315 g/mol. The van der Waals surface area contributed by atoms with Crippen LogP contribution in [0.2, 0.25) is 0 Å². The van der Waals surface area contributed by atoms with Gasteiger partial charge in [0.25, 0.3) is 0 Å². The lowest BCUT2D eigenvalue weighted by atomic mass is 10.1. The topological polar surface area (TPSA) is 52.5 Å². The Hall–Kier alpha value is -1.85. The number of nitrogens with zero attached hydrogens (tertiary/aromatic N) is 2. The van der Waals surface area contributed by atoms with E-state index in [0.717, 1.165) is 34.1 Å². The van der Waals surface area contributed by atoms with Crippen LogP contribution in [-0.4, -0.2) is 22.0 Å². The fourth-order valence-corrected chi connectivity index (χ4v) is 3.59. The number of aryl methyl sites for hydroxylation is 1. The number of aromatic nitrogens is 2. The first-order valence-electron chi connectivity index (χ1n) is 7.52. The summed E-state index contributed by atoms with van der Waals surface area (Å²) in [7, 11) is 0. The van der Waals surface area contributed by atoms with Crippen molar-refractivity contribution in [2.24, 2.45) is 5.73 Å². The van der Waals surface area contributed by atoms with Gasteiger partial charge in [-0.3, -0.25) is 4.40 Å². The van der Waals surface area contributed by atoms with Crippen molar-refractivity contribution in [2.45, 2.75) is 33.3 Å². The fourth-order valence-electron chi connectivity index (χ4n) is 2.62. The highest BCUT2D eigenvalue weighted by molar-refractivity contribution is 7.15. The highest BCUT2D eigenvalue weighted by Crippen LogP contribution is 2.29. The third kappa shape index (κ3) is 2.74. The lowest BCUT2D eigenvalue weighted by Gasteiger charge is -2.09. The van der Waals surface area contributed by atoms with Crippen LogP contribution in [0.15, 0.2) is 29.6 Å². The van der Waals surface area contributed by atoms with E-state index in [1.165, 1.54) is 5.69 Å². The normalized spacial score (nSPS) is 11.5. The number of hydrogen-bond donors (Lipinski definition) is 1. The number of rotatable bonds is 5. The Morgan fingerprint density at radius 2 is 2.00 bits per heavy atom. The quantitative estimate of drug-likeness (QED) is 0.782. The molecule has 2 heterocycles. The van der Waals surface area contributed by atoms with E-state index in [-0.39, 0.29) is 6.10 Å². The van der Waals surface area contributed by atoms with E-state index in [2.05, 4.69) is 28.8 Å². The minimum absolute atomic E-state index is 0.185. The molecule has 0 saturated carbocycles. The molecule has 0 aliphatic carbocycles. The van der Waals surface area contributed by atoms with E-state index < -0.39 is 0 Å². The van der Waals surface area contributed by atoms with Gasteiger partial charge in [0.2, 0.25) is 0 Å². The largest absolute Gasteiger partial charge is 0.491 e. The zero-order valence-electron chi connectivity index (χ0n) is 13.2. The van der Waals surface area contributed by atoms with Crippen molar-refractivity contribution in [1.29, 1.82) is 0 Å². The van der Waals surface area contributed by atoms with Crippen molar-refractivity contribution in [3.8, 4) is 17.0 Å². The third-order valence-corrected chi connectivity index (χ3v) is 4.44. The number of nitrogens with two attached hydrogens (primary N) is 1. The van der Waals surface area contributed by atoms with E-state index in [0.29, 0.717) is 6.54 Å². The zero-order valence-corrected chi connectivity index (χ0v) is 14.0. The maximum Gasteiger partial charge on any atom is 0.194 e. The van der Waals surface area contributed by atoms with Gasteiger partial charge in [-0.2, -0.15) is 0 Å². The van der Waals surface area contributed by atoms with E-state index in [1.807, 2.05) is 26.0 Å². The molecule has 116 valence electrons. The van der Waals surface area contributed by atoms with Crippen LogP contribution in [0.5, 0.6) is 5.75 Å². The third-order valence-electron chi connectivity index (χ3n) is 3.56. The van der Waals surface area contributed by atoms with Crippen molar-refractivity contribution in [3.63, 3.8) is 0 Å². The molecule has 0 unspecified atom stereocenters. The van der Waals surface area contributed by atoms with Crippen LogP contribution >= 0.6 is 11.3 Å². The van der Waals surface area contributed by atoms with Crippen molar-refractivity contribution >= 4 is 16.3 Å². The van der Waals surface area contributed by atoms with Crippen molar-refractivity contribution < 1.29 is 4.74 Å². The van der Waals surface area contributed by atoms with Crippen LogP contribution in [0.3, 0.4) is 0 Å². The Morgan fingerprint density at radius 1 is 1.27 bits per heavy atom. The molecule has 0 bridgehead atoms. The lowest BCUT2D eigenvalue weighted by molar-refractivity contribution is 0.242. The Kier molecular flexibility index (Phi) is 4.18. The molecule has 0 aliphatic heterocycles. The first kappa shape index (κ1) is 15.1. The van der Waals surface area contributed by atoms with Crippen molar-refractivity contribution in [1.82, 2.24) is 9.38 Å². The van der Waals surface area contributed by atoms with Crippen molar-refractivity contribution in [3.05, 3.63) is 41.0 Å². The van der Waals surface area contributed by atoms with Gasteiger partial charge in [-0.15, -0.1) is 11.3 Å². The van der Waals surface area contributed by atoms with E-state index >= 15 is 0 Å². The van der Waals surface area contributed by atoms with Gasteiger partial charge in [-0.1, -0.05) is 0 Å². The molecule has 3 rings (SSSR count). The molecule has 0 saturated heterocycles. The second kappa shape index (κ2) is 6.10. The van der Waals surface area contributed by atoms with E-state index in [4.69, 9.17) is 15.5 Å². The molecule has 0 fully saturated rings. The molecule has 0 atom stereocenters. The first-order chi connectivity index (χ1) is 10.6. The van der Waals surface area contributed by atoms with Crippen molar-refractivity contribution in [2.75, 3.05) is 6.54 Å². The summed E-state index contributed by atoms with van der Waals surface area (Å²) in [5.74, 6) is 0.890. The summed E-state index contributed by atoms with van der Waals surface area (Å²) in [4.78, 5) is 5.80. The maximum absolute atomic E-state index is 5.69. The summed E-state index contributed by atoms with van der Waals surface area (Å²) in [6.07, 6.45) is 1.06. The van der Waals surface area contributed by atoms with E-state index in [1.54, 1.807) is 11.3 Å². The Balaban J connectivity index is 1.97. The fraction of sp³-hybridized carbons (Fsp3) is 0.353. The number of hydrogen-bond acceptors (Lipinski definition) is 4. The number of benzene rings is 1. The SMILES string of the molecule is Cc1c(-c2ccc(OC(C)C)cc2)nc2scc(CCN)n12. The highest BCUT2D eigenvalue weighted by Gasteiger charge is 2.14. The van der Waals surface area contributed by atoms with E-state index in [9.17, 15) is 0 Å². The molecule has 3 aromatic rings. The minimum atomic E-state index is 0.185. The second-order valence-corrected chi connectivity index (χ2v) is 6.46. The van der Waals surface area contributed by atoms with Gasteiger partial charge in [0, 0.05) is 28.8 Å². The standard InChI is InChI=1S/C17H21N3OS/c1-11(2)21-15-6-4-13(5-7-15)16-12(3)20-14(8-9-18)10-22-17(20)19-16/h4-7,10-11H,8-9,18H2,1-3H3. The molecule has 22 heavy (non-hydrogen) atoms. The van der Waals surface area contributed by atoms with Crippen LogP contribution in [-0.2, 0) is 6.42 Å². The summed E-state index contributed by atoms with van der Waals surface area (Å²) in [5, 5.41) is 2.14. The summed E-state index contributed by atoms with van der Waals surface area (Å²) < 4.78 is 7.91. The van der Waals surface area contributed by atoms with Gasteiger partial charge in [0.15, 0.2) is 4.96 Å². The lowest BCUT2D eigenvalue weighted by Crippen LogP contribution is -2.05. The van der Waals surface area contributed by atoms with Gasteiger partial charge < -0.3 is 10.5 Å². The molecule has 1 aromatic carbocycles. The predicted octanol–water partition coefficient (Wildman–Crippen LogP) is 3.66. The molecule has 2 N–H and O–H groups in total. The zero-order chi connectivity index (χ0) is 15.7. The summed E-state index contributed by atoms with van der Waals surface area (Å²) in [6.45, 7) is 6.82. The highest BCUT2D eigenvalue weighted by atomic mass is 32.1. The van der Waals surface area contributed by atoms with Crippen LogP contribution in [0.4, 0.5) is 0 Å². The van der Waals surface area contributed by atoms with Crippen LogP contribution in [0, 0.1) is 6.92 Å². The average Bonchev–Trinajstić information content (AvgIpc) is 3.01. The molecule has 0 aliphatic rings. The molecule has 5 heteroatoms. The van der Waals surface area contributed by atoms with Crippen LogP contribution in [0.1, 0.15) is 25.2 Å². The molecular formula is C17H21N3OS. The number of thiazole rings is 1. The molecule has 0 amide bonds. The molecule has 0 spiro atoms. The Morgan fingerprint density at radius 3 is 2.64 bits per heavy atom. The summed E-state index contributed by atoms with van der Waals surface area (Å²) in [6, 6.07) is 8.14. The predicted molar refractivity (Wildman–Crippen MR) is 91.8 cm³/mol. The molecule has 2 aromatic heterocycles. The minimum Gasteiger partial charge on any atom is -0.491 e. The second-order valence-electron chi connectivity index (χ2n) is 5.62. The molecule has 4 nitrogen and oxygen atoms in total. The van der Waals surface area contributed by atoms with Gasteiger partial charge in [-0.25, -0.2) is 4.98 Å². The van der Waals surface area contributed by atoms with Crippen LogP contribution in [0.25, 0.3) is 16.2 Å². The smallest absolute Gasteiger partial charge is 0.194 e. The summed E-state index contributed by atoms with van der Waals surface area (Å²) >= 11 is 1.67.